The van der Waals surface area contributed by atoms with Gasteiger partial charge in [0.15, 0.2) is 5.96 Å². The van der Waals surface area contributed by atoms with Crippen LogP contribution in [0.15, 0.2) is 103 Å². The minimum atomic E-state index is -1.20. The number of rotatable bonds is 19. The highest BCUT2D eigenvalue weighted by Gasteiger charge is 2.31. The number of para-hydroxylation sites is 1. The Kier molecular flexibility index (Phi) is 13.9. The Morgan fingerprint density at radius 1 is 0.696 bits per heavy atom. The third-order valence-corrected chi connectivity index (χ3v) is 9.14. The van der Waals surface area contributed by atoms with Crippen LogP contribution in [0.1, 0.15) is 36.6 Å². The summed E-state index contributed by atoms with van der Waals surface area (Å²) in [4.78, 5) is 80.8. The Labute approximate surface area is 323 Å². The van der Waals surface area contributed by atoms with Crippen LogP contribution in [0.4, 0.5) is 0 Å². The zero-order valence-electron chi connectivity index (χ0n) is 31.0. The smallest absolute Gasteiger partial charge is 0.243 e. The largest absolute Gasteiger partial charge is 0.370 e. The van der Waals surface area contributed by atoms with Crippen LogP contribution < -0.4 is 38.5 Å². The third kappa shape index (κ3) is 11.5. The van der Waals surface area contributed by atoms with E-state index in [2.05, 4.69) is 41.2 Å². The van der Waals surface area contributed by atoms with E-state index in [1.54, 1.807) is 6.20 Å². The molecule has 3 aromatic carbocycles. The Balaban J connectivity index is 1.39. The number of nitrogens with one attached hydrogen (secondary N) is 6. The van der Waals surface area contributed by atoms with Gasteiger partial charge in [-0.05, 0) is 41.2 Å². The van der Waals surface area contributed by atoms with Crippen LogP contribution in [-0.2, 0) is 43.2 Å². The summed E-state index contributed by atoms with van der Waals surface area (Å²) in [6, 6.07) is 20.3. The van der Waals surface area contributed by atoms with Crippen molar-refractivity contribution < 1.29 is 24.0 Å². The molecule has 0 aliphatic carbocycles. The number of benzene rings is 3. The summed E-state index contributed by atoms with van der Waals surface area (Å²) in [6.45, 7) is 1.45. The summed E-state index contributed by atoms with van der Waals surface area (Å²) < 4.78 is 0. The molecule has 5 rings (SSSR count). The fourth-order valence-corrected chi connectivity index (χ4v) is 6.31. The monoisotopic (exact) mass is 761 g/mol. The van der Waals surface area contributed by atoms with Gasteiger partial charge in [0.2, 0.25) is 29.5 Å². The molecule has 292 valence electrons. The lowest BCUT2D eigenvalue weighted by atomic mass is 9.99. The first-order chi connectivity index (χ1) is 27.0. The van der Waals surface area contributed by atoms with Crippen LogP contribution in [0.5, 0.6) is 0 Å². The zero-order chi connectivity index (χ0) is 40.0. The predicted molar refractivity (Wildman–Crippen MR) is 212 cm³/mol. The van der Waals surface area contributed by atoms with Gasteiger partial charge in [-0.1, -0.05) is 72.8 Å². The Bertz CT molecular complexity index is 2130. The Morgan fingerprint density at radius 3 is 1.98 bits per heavy atom. The third-order valence-electron chi connectivity index (χ3n) is 9.14. The van der Waals surface area contributed by atoms with Crippen LogP contribution in [0.25, 0.3) is 22.0 Å². The number of amides is 5. The van der Waals surface area contributed by atoms with E-state index >= 15 is 0 Å². The maximum atomic E-state index is 14.2. The number of H-pyrrole nitrogens is 2. The number of aliphatic imine (C=N–C) groups is 1. The second-order valence-electron chi connectivity index (χ2n) is 13.4. The number of nitrogens with zero attached hydrogens (tertiary/aromatic N) is 2. The van der Waals surface area contributed by atoms with Crippen molar-refractivity contribution in [3.8, 4) is 11.1 Å². The highest BCUT2D eigenvalue weighted by molar-refractivity contribution is 5.96. The van der Waals surface area contributed by atoms with Gasteiger partial charge >= 0.3 is 0 Å². The topological polar surface area (TPSA) is 268 Å². The first kappa shape index (κ1) is 40.2. The van der Waals surface area contributed by atoms with Crippen molar-refractivity contribution in [2.45, 2.75) is 63.2 Å². The molecular formula is C40H47N11O5. The van der Waals surface area contributed by atoms with Crippen LogP contribution in [0.2, 0.25) is 0 Å². The van der Waals surface area contributed by atoms with Crippen molar-refractivity contribution in [3.63, 3.8) is 0 Å². The average molecular weight is 762 g/mol. The molecule has 16 nitrogen and oxygen atoms in total. The number of guanidine groups is 1. The molecule has 56 heavy (non-hydrogen) atoms. The molecule has 2 aromatic heterocycles. The number of hydrogen-bond donors (Lipinski definition) is 9. The van der Waals surface area contributed by atoms with E-state index in [4.69, 9.17) is 17.2 Å². The molecule has 12 N–H and O–H groups in total. The second kappa shape index (κ2) is 19.4. The summed E-state index contributed by atoms with van der Waals surface area (Å²) in [7, 11) is 0. The van der Waals surface area contributed by atoms with Crippen molar-refractivity contribution >= 4 is 46.4 Å². The SMILES string of the molecule is CC(=O)N[C@@H](Cc1cnc[nH]1)C(=O)N[C@H](Cc1ccc(-c2ccccc2)cc1)C(=O)N[C@@H](CCCN=C(N)N)C(=O)N[C@@H](Cc1c[nH]c2ccccc12)C(N)=O. The van der Waals surface area contributed by atoms with Gasteiger partial charge in [-0.3, -0.25) is 29.0 Å². The van der Waals surface area contributed by atoms with Gasteiger partial charge in [0, 0.05) is 61.7 Å². The molecule has 0 saturated carbocycles. The van der Waals surface area contributed by atoms with Crippen LogP contribution >= 0.6 is 0 Å². The lowest BCUT2D eigenvalue weighted by Gasteiger charge is -2.26. The van der Waals surface area contributed by atoms with E-state index < -0.39 is 53.7 Å². The molecule has 5 amide bonds. The minimum absolute atomic E-state index is 0.0380. The van der Waals surface area contributed by atoms with Crippen molar-refractivity contribution in [2.24, 2.45) is 22.2 Å². The van der Waals surface area contributed by atoms with E-state index in [-0.39, 0.29) is 44.6 Å². The molecule has 5 aromatic rings. The van der Waals surface area contributed by atoms with Gasteiger partial charge in [0.25, 0.3) is 0 Å². The molecule has 0 aliphatic heterocycles. The van der Waals surface area contributed by atoms with E-state index in [0.29, 0.717) is 5.69 Å². The van der Waals surface area contributed by atoms with E-state index in [1.165, 1.54) is 19.4 Å². The molecule has 0 unspecified atom stereocenters. The highest BCUT2D eigenvalue weighted by Crippen LogP contribution is 2.21. The summed E-state index contributed by atoms with van der Waals surface area (Å²) in [6.07, 6.45) is 5.31. The molecule has 0 spiro atoms. The number of nitrogens with two attached hydrogens (primary N) is 3. The van der Waals surface area contributed by atoms with Crippen LogP contribution in [0.3, 0.4) is 0 Å². The van der Waals surface area contributed by atoms with Crippen molar-refractivity contribution in [3.05, 3.63) is 114 Å². The number of primary amides is 1. The van der Waals surface area contributed by atoms with E-state index in [9.17, 15) is 24.0 Å². The van der Waals surface area contributed by atoms with Crippen molar-refractivity contribution in [1.82, 2.24) is 36.2 Å². The Morgan fingerprint density at radius 2 is 1.32 bits per heavy atom. The molecular weight excluding hydrogens is 715 g/mol. The molecule has 0 fully saturated rings. The summed E-state index contributed by atoms with van der Waals surface area (Å²) in [5.74, 6) is -3.32. The highest BCUT2D eigenvalue weighted by atomic mass is 16.2. The number of carbonyl (C=O) groups excluding carboxylic acids is 5. The molecule has 0 radical (unpaired) electrons. The van der Waals surface area contributed by atoms with Gasteiger partial charge < -0.3 is 48.4 Å². The lowest BCUT2D eigenvalue weighted by Crippen LogP contribution is -2.59. The van der Waals surface area contributed by atoms with E-state index in [0.717, 1.165) is 33.2 Å². The number of aromatic amines is 2. The zero-order valence-corrected chi connectivity index (χ0v) is 31.0. The summed E-state index contributed by atoms with van der Waals surface area (Å²) >= 11 is 0. The summed E-state index contributed by atoms with van der Waals surface area (Å²) in [5, 5.41) is 11.8. The maximum Gasteiger partial charge on any atom is 0.243 e. The molecule has 0 bridgehead atoms. The molecule has 2 heterocycles. The fraction of sp³-hybridized carbons (Fsp3) is 0.275. The first-order valence-electron chi connectivity index (χ1n) is 18.2. The lowest BCUT2D eigenvalue weighted by molar-refractivity contribution is -0.134. The number of imidazole rings is 1. The van der Waals surface area contributed by atoms with Crippen LogP contribution in [0, 0.1) is 0 Å². The summed E-state index contributed by atoms with van der Waals surface area (Å²) in [5.41, 5.74) is 21.7. The van der Waals surface area contributed by atoms with Crippen molar-refractivity contribution in [2.75, 3.05) is 6.54 Å². The number of fused-ring (bicyclic) bond motifs is 1. The van der Waals surface area contributed by atoms with Gasteiger partial charge in [0.1, 0.15) is 24.2 Å². The van der Waals surface area contributed by atoms with E-state index in [1.807, 2.05) is 78.9 Å². The quantitative estimate of drug-likeness (QED) is 0.0333. The number of hydrogen-bond acceptors (Lipinski definition) is 7. The Hall–Kier alpha value is -6.97. The minimum Gasteiger partial charge on any atom is -0.370 e. The van der Waals surface area contributed by atoms with Gasteiger partial charge in [-0.15, -0.1) is 0 Å². The van der Waals surface area contributed by atoms with Gasteiger partial charge in [-0.2, -0.15) is 0 Å². The van der Waals surface area contributed by atoms with Gasteiger partial charge in [-0.25, -0.2) is 4.98 Å². The standard InChI is InChI=1S/C40H47N11O5/c1-24(52)48-35(20-29-22-44-23-47-29)39(56)51-34(18-25-13-15-27(16-14-25)26-8-3-2-4-9-26)38(55)49-32(12-7-17-45-40(42)43)37(54)50-33(36(41)53)19-28-21-46-31-11-6-5-10-30(28)31/h2-6,8-11,13-16,21-23,32-35,46H,7,12,17-20H2,1H3,(H2,41,53)(H,44,47)(H,48,52)(H,49,55)(H,50,54)(H,51,56)(H4,42,43,45)/t32-,33-,34+,35-/m0/s1. The van der Waals surface area contributed by atoms with Crippen LogP contribution in [-0.4, -0.2) is 81.2 Å². The maximum absolute atomic E-state index is 14.2. The molecule has 0 saturated heterocycles. The van der Waals surface area contributed by atoms with Gasteiger partial charge in [0.05, 0.1) is 6.33 Å². The fourth-order valence-electron chi connectivity index (χ4n) is 6.31. The number of carbonyl (C=O) groups is 5. The molecule has 16 heteroatoms. The normalized spacial score (nSPS) is 13.1. The average Bonchev–Trinajstić information content (AvgIpc) is 3.85. The number of aromatic nitrogens is 3. The molecule has 4 atom stereocenters. The predicted octanol–water partition coefficient (Wildman–Crippen LogP) is 1.08. The van der Waals surface area contributed by atoms with Crippen molar-refractivity contribution in [1.29, 1.82) is 0 Å². The molecule has 0 aliphatic rings. The second-order valence-corrected chi connectivity index (χ2v) is 13.4. The first-order valence-corrected chi connectivity index (χ1v) is 18.2.